The molecule has 0 saturated carbocycles. The number of rotatable bonds is 4. The van der Waals surface area contributed by atoms with Gasteiger partial charge in [0.1, 0.15) is 12.2 Å². The fourth-order valence-electron chi connectivity index (χ4n) is 2.56. The van der Waals surface area contributed by atoms with Gasteiger partial charge in [-0.05, 0) is 31.9 Å². The molecule has 1 aliphatic heterocycles. The standard InChI is InChI=1S/C15H18N2O4/c1-9-6-7-10(20-9)8-19-13-11-4-2-3-5-12(11)21-14(13)15(16)17-18/h2-5,9-10,18H,6-8H2,1H3,(H2,16,17). The fourth-order valence-corrected chi connectivity index (χ4v) is 2.56. The molecule has 112 valence electrons. The highest BCUT2D eigenvalue weighted by Crippen LogP contribution is 2.33. The quantitative estimate of drug-likeness (QED) is 0.391. The minimum atomic E-state index is -0.109. The smallest absolute Gasteiger partial charge is 0.215 e. The van der Waals surface area contributed by atoms with Gasteiger partial charge in [-0.2, -0.15) is 0 Å². The molecule has 2 aromatic rings. The molecule has 2 unspecified atom stereocenters. The van der Waals surface area contributed by atoms with E-state index in [0.717, 1.165) is 18.2 Å². The van der Waals surface area contributed by atoms with Crippen LogP contribution in [-0.4, -0.2) is 29.9 Å². The Balaban J connectivity index is 1.88. The molecule has 1 saturated heterocycles. The van der Waals surface area contributed by atoms with Gasteiger partial charge in [-0.3, -0.25) is 0 Å². The molecule has 0 amide bonds. The van der Waals surface area contributed by atoms with E-state index in [4.69, 9.17) is 24.8 Å². The van der Waals surface area contributed by atoms with Crippen molar-refractivity contribution in [3.05, 3.63) is 30.0 Å². The Kier molecular flexibility index (Phi) is 3.70. The highest BCUT2D eigenvalue weighted by atomic mass is 16.5. The van der Waals surface area contributed by atoms with E-state index in [1.165, 1.54) is 0 Å². The number of ether oxygens (including phenoxy) is 2. The van der Waals surface area contributed by atoms with Gasteiger partial charge in [0.05, 0.1) is 17.6 Å². The van der Waals surface area contributed by atoms with Crippen LogP contribution in [0.5, 0.6) is 5.75 Å². The molecule has 21 heavy (non-hydrogen) atoms. The lowest BCUT2D eigenvalue weighted by molar-refractivity contribution is 0.0266. The zero-order chi connectivity index (χ0) is 14.8. The molecule has 0 bridgehead atoms. The first kappa shape index (κ1) is 13.8. The van der Waals surface area contributed by atoms with E-state index in [1.54, 1.807) is 0 Å². The highest BCUT2D eigenvalue weighted by Gasteiger charge is 2.25. The molecule has 0 spiro atoms. The van der Waals surface area contributed by atoms with Crippen LogP contribution in [0.2, 0.25) is 0 Å². The summed E-state index contributed by atoms with van der Waals surface area (Å²) in [7, 11) is 0. The van der Waals surface area contributed by atoms with Crippen molar-refractivity contribution in [1.29, 1.82) is 0 Å². The molecule has 2 atom stereocenters. The zero-order valence-electron chi connectivity index (χ0n) is 11.8. The van der Waals surface area contributed by atoms with Gasteiger partial charge in [-0.1, -0.05) is 17.3 Å². The Hall–Kier alpha value is -2.21. The third kappa shape index (κ3) is 2.67. The maximum Gasteiger partial charge on any atom is 0.215 e. The SMILES string of the molecule is CC1CCC(COc2c(/C(N)=N/O)oc3ccccc23)O1. The summed E-state index contributed by atoms with van der Waals surface area (Å²) in [5.41, 5.74) is 6.29. The van der Waals surface area contributed by atoms with Crippen molar-refractivity contribution in [2.75, 3.05) is 6.61 Å². The van der Waals surface area contributed by atoms with Crippen LogP contribution in [0.4, 0.5) is 0 Å². The summed E-state index contributed by atoms with van der Waals surface area (Å²) in [5.74, 6) is 0.621. The number of nitrogens with two attached hydrogens (primary N) is 1. The second-order valence-electron chi connectivity index (χ2n) is 5.20. The van der Waals surface area contributed by atoms with Gasteiger partial charge in [0.2, 0.25) is 11.6 Å². The molecule has 3 rings (SSSR count). The lowest BCUT2D eigenvalue weighted by atomic mass is 10.2. The van der Waals surface area contributed by atoms with Gasteiger partial charge < -0.3 is 24.8 Å². The van der Waals surface area contributed by atoms with Crippen LogP contribution in [0.25, 0.3) is 11.0 Å². The van der Waals surface area contributed by atoms with Gasteiger partial charge >= 0.3 is 0 Å². The summed E-state index contributed by atoms with van der Waals surface area (Å²) in [4.78, 5) is 0. The van der Waals surface area contributed by atoms with Crippen LogP contribution >= 0.6 is 0 Å². The van der Waals surface area contributed by atoms with Crippen molar-refractivity contribution < 1.29 is 19.1 Å². The van der Waals surface area contributed by atoms with Gasteiger partial charge in [-0.25, -0.2) is 0 Å². The van der Waals surface area contributed by atoms with E-state index in [0.29, 0.717) is 17.9 Å². The number of hydrogen-bond acceptors (Lipinski definition) is 5. The highest BCUT2D eigenvalue weighted by molar-refractivity contribution is 6.03. The number of benzene rings is 1. The van der Waals surface area contributed by atoms with Gasteiger partial charge in [0.15, 0.2) is 5.75 Å². The van der Waals surface area contributed by atoms with Crippen LogP contribution in [0, 0.1) is 0 Å². The third-order valence-corrected chi connectivity index (χ3v) is 3.62. The molecule has 0 aliphatic carbocycles. The molecule has 3 N–H and O–H groups in total. The van der Waals surface area contributed by atoms with Crippen molar-refractivity contribution in [1.82, 2.24) is 0 Å². The van der Waals surface area contributed by atoms with Gasteiger partial charge in [-0.15, -0.1) is 0 Å². The van der Waals surface area contributed by atoms with Crippen molar-refractivity contribution in [3.63, 3.8) is 0 Å². The molecule has 1 aromatic carbocycles. The second kappa shape index (κ2) is 5.65. The molecule has 1 aliphatic rings. The predicted octanol–water partition coefficient (Wildman–Crippen LogP) is 2.47. The van der Waals surface area contributed by atoms with E-state index in [-0.39, 0.29) is 23.8 Å². The molecule has 6 nitrogen and oxygen atoms in total. The van der Waals surface area contributed by atoms with Crippen LogP contribution in [0.15, 0.2) is 33.8 Å². The average molecular weight is 290 g/mol. The average Bonchev–Trinajstić information content (AvgIpc) is 3.07. The molecule has 2 heterocycles. The Labute approximate surface area is 122 Å². The number of amidine groups is 1. The van der Waals surface area contributed by atoms with Gasteiger partial charge in [0.25, 0.3) is 0 Å². The van der Waals surface area contributed by atoms with Crippen molar-refractivity contribution in [2.45, 2.75) is 32.0 Å². The monoisotopic (exact) mass is 290 g/mol. The largest absolute Gasteiger partial charge is 0.486 e. The van der Waals surface area contributed by atoms with Crippen LogP contribution in [-0.2, 0) is 4.74 Å². The first-order chi connectivity index (χ1) is 10.2. The summed E-state index contributed by atoms with van der Waals surface area (Å²) >= 11 is 0. The summed E-state index contributed by atoms with van der Waals surface area (Å²) in [5, 5.41) is 12.7. The Morgan fingerprint density at radius 3 is 2.95 bits per heavy atom. The third-order valence-electron chi connectivity index (χ3n) is 3.62. The molecule has 6 heteroatoms. The Morgan fingerprint density at radius 2 is 2.24 bits per heavy atom. The number of nitrogens with zero attached hydrogens (tertiary/aromatic N) is 1. The first-order valence-electron chi connectivity index (χ1n) is 6.96. The van der Waals surface area contributed by atoms with E-state index in [9.17, 15) is 0 Å². The zero-order valence-corrected chi connectivity index (χ0v) is 11.8. The van der Waals surface area contributed by atoms with E-state index in [2.05, 4.69) is 12.1 Å². The first-order valence-corrected chi connectivity index (χ1v) is 6.96. The molecule has 1 fully saturated rings. The van der Waals surface area contributed by atoms with Crippen molar-refractivity contribution in [3.8, 4) is 5.75 Å². The second-order valence-corrected chi connectivity index (χ2v) is 5.20. The van der Waals surface area contributed by atoms with Gasteiger partial charge in [0, 0.05) is 0 Å². The number of para-hydroxylation sites is 1. The summed E-state index contributed by atoms with van der Waals surface area (Å²) in [6.45, 7) is 2.47. The molecule has 1 aromatic heterocycles. The number of hydrogen-bond donors (Lipinski definition) is 2. The van der Waals surface area contributed by atoms with Crippen LogP contribution in [0.3, 0.4) is 0 Å². The predicted molar refractivity (Wildman–Crippen MR) is 77.8 cm³/mol. The topological polar surface area (TPSA) is 90.2 Å². The summed E-state index contributed by atoms with van der Waals surface area (Å²) in [6, 6.07) is 7.42. The number of fused-ring (bicyclic) bond motifs is 1. The number of furan rings is 1. The number of oxime groups is 1. The van der Waals surface area contributed by atoms with E-state index >= 15 is 0 Å². The lowest BCUT2D eigenvalue weighted by Crippen LogP contribution is -2.19. The maximum atomic E-state index is 8.87. The minimum Gasteiger partial charge on any atom is -0.486 e. The summed E-state index contributed by atoms with van der Waals surface area (Å²) < 4.78 is 17.2. The molecule has 0 radical (unpaired) electrons. The fraction of sp³-hybridized carbons (Fsp3) is 0.400. The Morgan fingerprint density at radius 1 is 1.43 bits per heavy atom. The van der Waals surface area contributed by atoms with Crippen LogP contribution in [0.1, 0.15) is 25.5 Å². The van der Waals surface area contributed by atoms with Crippen molar-refractivity contribution in [2.24, 2.45) is 10.9 Å². The summed E-state index contributed by atoms with van der Waals surface area (Å²) in [6.07, 6.45) is 2.33. The normalized spacial score (nSPS) is 22.8. The van der Waals surface area contributed by atoms with Crippen molar-refractivity contribution >= 4 is 16.8 Å². The minimum absolute atomic E-state index is 0.0637. The molecular weight excluding hydrogens is 272 g/mol. The lowest BCUT2D eigenvalue weighted by Gasteiger charge is -2.12. The van der Waals surface area contributed by atoms with E-state index < -0.39 is 0 Å². The maximum absolute atomic E-state index is 8.87. The van der Waals surface area contributed by atoms with E-state index in [1.807, 2.05) is 24.3 Å². The molecular formula is C15H18N2O4. The van der Waals surface area contributed by atoms with Crippen LogP contribution < -0.4 is 10.5 Å². The Bertz CT molecular complexity index is 665.